The first kappa shape index (κ1) is 14.4. The van der Waals surface area contributed by atoms with E-state index in [2.05, 4.69) is 50.1 Å². The van der Waals surface area contributed by atoms with Gasteiger partial charge in [-0.05, 0) is 43.7 Å². The van der Waals surface area contributed by atoms with E-state index in [1.165, 1.54) is 36.9 Å². The Bertz CT molecular complexity index is 400. The van der Waals surface area contributed by atoms with Crippen molar-refractivity contribution >= 4 is 5.69 Å². The lowest BCUT2D eigenvalue weighted by molar-refractivity contribution is 0.336. The van der Waals surface area contributed by atoms with Gasteiger partial charge in [-0.2, -0.15) is 0 Å². The second-order valence-corrected chi connectivity index (χ2v) is 6.35. The topological polar surface area (TPSA) is 29.3 Å². The highest BCUT2D eigenvalue weighted by molar-refractivity contribution is 5.54. The number of nitrogens with zero attached hydrogens (tertiary/aromatic N) is 1. The van der Waals surface area contributed by atoms with Crippen molar-refractivity contribution < 1.29 is 0 Å². The van der Waals surface area contributed by atoms with E-state index in [-0.39, 0.29) is 6.04 Å². The third-order valence-corrected chi connectivity index (χ3v) is 4.37. The summed E-state index contributed by atoms with van der Waals surface area (Å²) >= 11 is 0. The van der Waals surface area contributed by atoms with Crippen molar-refractivity contribution in [3.05, 3.63) is 29.8 Å². The molecule has 1 saturated carbocycles. The fraction of sp³-hybridized carbons (Fsp3) is 0.647. The van der Waals surface area contributed by atoms with Gasteiger partial charge in [0.1, 0.15) is 0 Å². The molecule has 1 aliphatic carbocycles. The van der Waals surface area contributed by atoms with Crippen LogP contribution in [0.1, 0.15) is 45.1 Å². The van der Waals surface area contributed by atoms with Crippen LogP contribution in [-0.4, -0.2) is 19.1 Å². The number of nitrogens with two attached hydrogens (primary N) is 1. The highest BCUT2D eigenvalue weighted by Gasteiger charge is 2.23. The van der Waals surface area contributed by atoms with Gasteiger partial charge in [-0.25, -0.2) is 0 Å². The summed E-state index contributed by atoms with van der Waals surface area (Å²) in [4.78, 5) is 2.49. The Hall–Kier alpha value is -1.02. The molecular formula is C17H28N2. The number of anilines is 1. The summed E-state index contributed by atoms with van der Waals surface area (Å²) in [6.45, 7) is 4.47. The van der Waals surface area contributed by atoms with Crippen LogP contribution in [0.4, 0.5) is 5.69 Å². The molecule has 0 amide bonds. The third kappa shape index (κ3) is 3.73. The maximum atomic E-state index is 5.98. The molecule has 0 radical (unpaired) electrons. The number of para-hydroxylation sites is 1. The molecule has 0 saturated heterocycles. The Morgan fingerprint density at radius 3 is 2.74 bits per heavy atom. The van der Waals surface area contributed by atoms with Gasteiger partial charge in [-0.1, -0.05) is 38.0 Å². The standard InChI is InChI=1S/C17H28N2/c1-13-7-6-9-16(11-13)19(3)17-10-5-4-8-15(17)12-14(2)18/h4-5,8,10,13-14,16H,6-7,9,11-12,18H2,1-3H3. The van der Waals surface area contributed by atoms with Crippen LogP contribution in [0.5, 0.6) is 0 Å². The van der Waals surface area contributed by atoms with Crippen LogP contribution in [0.25, 0.3) is 0 Å². The van der Waals surface area contributed by atoms with Gasteiger partial charge in [0.05, 0.1) is 0 Å². The van der Waals surface area contributed by atoms with Gasteiger partial charge in [-0.15, -0.1) is 0 Å². The van der Waals surface area contributed by atoms with E-state index in [0.717, 1.165) is 12.3 Å². The van der Waals surface area contributed by atoms with E-state index < -0.39 is 0 Å². The highest BCUT2D eigenvalue weighted by Crippen LogP contribution is 2.31. The SMILES string of the molecule is CC(N)Cc1ccccc1N(C)C1CCCC(C)C1. The molecule has 19 heavy (non-hydrogen) atoms. The Balaban J connectivity index is 2.15. The van der Waals surface area contributed by atoms with Crippen molar-refractivity contribution in [2.24, 2.45) is 11.7 Å². The molecule has 0 spiro atoms. The Morgan fingerprint density at radius 2 is 2.05 bits per heavy atom. The molecule has 0 heterocycles. The van der Waals surface area contributed by atoms with E-state index in [9.17, 15) is 0 Å². The fourth-order valence-corrected chi connectivity index (χ4v) is 3.32. The summed E-state index contributed by atoms with van der Waals surface area (Å²) in [5.41, 5.74) is 8.74. The molecule has 3 unspecified atom stereocenters. The molecule has 2 N–H and O–H groups in total. The number of rotatable bonds is 4. The van der Waals surface area contributed by atoms with Crippen molar-refractivity contribution in [2.75, 3.05) is 11.9 Å². The number of hydrogen-bond acceptors (Lipinski definition) is 2. The molecular weight excluding hydrogens is 232 g/mol. The van der Waals surface area contributed by atoms with Crippen molar-refractivity contribution in [1.29, 1.82) is 0 Å². The van der Waals surface area contributed by atoms with Crippen molar-refractivity contribution in [3.63, 3.8) is 0 Å². The summed E-state index contributed by atoms with van der Waals surface area (Å²) in [7, 11) is 2.25. The highest BCUT2D eigenvalue weighted by atomic mass is 15.1. The number of benzene rings is 1. The lowest BCUT2D eigenvalue weighted by atomic mass is 9.86. The molecule has 1 aliphatic rings. The van der Waals surface area contributed by atoms with E-state index in [1.54, 1.807) is 0 Å². The summed E-state index contributed by atoms with van der Waals surface area (Å²) < 4.78 is 0. The van der Waals surface area contributed by atoms with Gasteiger partial charge >= 0.3 is 0 Å². The normalized spacial score (nSPS) is 25.1. The fourth-order valence-electron chi connectivity index (χ4n) is 3.32. The van der Waals surface area contributed by atoms with Crippen LogP contribution < -0.4 is 10.6 Å². The number of hydrogen-bond donors (Lipinski definition) is 1. The largest absolute Gasteiger partial charge is 0.371 e. The first-order chi connectivity index (χ1) is 9.08. The predicted octanol–water partition coefficient (Wildman–Crippen LogP) is 3.59. The molecule has 3 atom stereocenters. The van der Waals surface area contributed by atoms with Crippen LogP contribution in [0.2, 0.25) is 0 Å². The van der Waals surface area contributed by atoms with Crippen LogP contribution >= 0.6 is 0 Å². The van der Waals surface area contributed by atoms with Crippen molar-refractivity contribution in [1.82, 2.24) is 0 Å². The molecule has 2 nitrogen and oxygen atoms in total. The van der Waals surface area contributed by atoms with E-state index >= 15 is 0 Å². The molecule has 1 aromatic rings. The Labute approximate surface area is 118 Å². The molecule has 1 aromatic carbocycles. The zero-order valence-electron chi connectivity index (χ0n) is 12.6. The molecule has 2 heteroatoms. The van der Waals surface area contributed by atoms with Crippen LogP contribution in [0, 0.1) is 5.92 Å². The average Bonchev–Trinajstić information content (AvgIpc) is 2.38. The lowest BCUT2D eigenvalue weighted by Gasteiger charge is -2.36. The van der Waals surface area contributed by atoms with Gasteiger partial charge in [0.2, 0.25) is 0 Å². The smallest absolute Gasteiger partial charge is 0.0399 e. The molecule has 0 bridgehead atoms. The summed E-state index contributed by atoms with van der Waals surface area (Å²) in [6.07, 6.45) is 6.37. The summed E-state index contributed by atoms with van der Waals surface area (Å²) in [5.74, 6) is 0.863. The predicted molar refractivity (Wildman–Crippen MR) is 83.6 cm³/mol. The van der Waals surface area contributed by atoms with Crippen LogP contribution in [0.15, 0.2) is 24.3 Å². The monoisotopic (exact) mass is 260 g/mol. The van der Waals surface area contributed by atoms with Crippen LogP contribution in [0.3, 0.4) is 0 Å². The van der Waals surface area contributed by atoms with Gasteiger partial charge in [0.15, 0.2) is 0 Å². The first-order valence-corrected chi connectivity index (χ1v) is 7.64. The van der Waals surface area contributed by atoms with Gasteiger partial charge in [-0.3, -0.25) is 0 Å². The van der Waals surface area contributed by atoms with E-state index in [0.29, 0.717) is 6.04 Å². The van der Waals surface area contributed by atoms with Crippen LogP contribution in [-0.2, 0) is 6.42 Å². The maximum Gasteiger partial charge on any atom is 0.0399 e. The zero-order chi connectivity index (χ0) is 13.8. The maximum absolute atomic E-state index is 5.98. The van der Waals surface area contributed by atoms with Gasteiger partial charge in [0, 0.05) is 24.8 Å². The second kappa shape index (κ2) is 6.42. The second-order valence-electron chi connectivity index (χ2n) is 6.35. The van der Waals surface area contributed by atoms with E-state index in [1.807, 2.05) is 0 Å². The van der Waals surface area contributed by atoms with Gasteiger partial charge < -0.3 is 10.6 Å². The van der Waals surface area contributed by atoms with Gasteiger partial charge in [0.25, 0.3) is 0 Å². The van der Waals surface area contributed by atoms with E-state index in [4.69, 9.17) is 5.73 Å². The zero-order valence-corrected chi connectivity index (χ0v) is 12.6. The van der Waals surface area contributed by atoms with Crippen molar-refractivity contribution in [2.45, 2.75) is 58.0 Å². The minimum Gasteiger partial charge on any atom is -0.371 e. The molecule has 1 fully saturated rings. The van der Waals surface area contributed by atoms with Crippen molar-refractivity contribution in [3.8, 4) is 0 Å². The molecule has 2 rings (SSSR count). The Morgan fingerprint density at radius 1 is 1.32 bits per heavy atom. The molecule has 0 aliphatic heterocycles. The Kier molecular flexibility index (Phi) is 4.87. The minimum atomic E-state index is 0.222. The molecule has 106 valence electrons. The first-order valence-electron chi connectivity index (χ1n) is 7.64. The average molecular weight is 260 g/mol. The quantitative estimate of drug-likeness (QED) is 0.896. The molecule has 0 aromatic heterocycles. The summed E-state index contributed by atoms with van der Waals surface area (Å²) in [6, 6.07) is 9.65. The minimum absolute atomic E-state index is 0.222. The lowest BCUT2D eigenvalue weighted by Crippen LogP contribution is -2.36. The third-order valence-electron chi connectivity index (χ3n) is 4.37. The summed E-state index contributed by atoms with van der Waals surface area (Å²) in [5, 5.41) is 0.